The number of hydrogen-bond donors (Lipinski definition) is 1. The molecule has 0 spiro atoms. The molecular formula is C24H26BFO5. The monoisotopic (exact) mass is 424 g/mol. The SMILES string of the molecule is CC1(C)OB(c2ccc(F)c(COc3ccc4c(c3)C[C@H]3C(C(=O)O)[C@@H]43)c2)OC1(C)C. The molecule has 1 N–H and O–H groups in total. The Morgan fingerprint density at radius 3 is 2.55 bits per heavy atom. The summed E-state index contributed by atoms with van der Waals surface area (Å²) >= 11 is 0. The molecule has 5 nitrogen and oxygen atoms in total. The molecule has 1 saturated carbocycles. The van der Waals surface area contributed by atoms with E-state index in [2.05, 4.69) is 0 Å². The van der Waals surface area contributed by atoms with Gasteiger partial charge in [-0.1, -0.05) is 18.2 Å². The number of halogens is 1. The van der Waals surface area contributed by atoms with Gasteiger partial charge in [-0.05, 0) is 74.8 Å². The minimum Gasteiger partial charge on any atom is -0.489 e. The fourth-order valence-electron chi connectivity index (χ4n) is 4.81. The minimum absolute atomic E-state index is 0.0859. The van der Waals surface area contributed by atoms with Crippen LogP contribution in [0.25, 0.3) is 0 Å². The number of carboxylic acids is 1. The van der Waals surface area contributed by atoms with E-state index in [1.807, 2.05) is 45.9 Å². The molecule has 1 heterocycles. The summed E-state index contributed by atoms with van der Waals surface area (Å²) in [5.74, 6) is -0.295. The van der Waals surface area contributed by atoms with Gasteiger partial charge in [0.2, 0.25) is 0 Å². The highest BCUT2D eigenvalue weighted by molar-refractivity contribution is 6.62. The highest BCUT2D eigenvalue weighted by Crippen LogP contribution is 2.61. The van der Waals surface area contributed by atoms with Crippen molar-refractivity contribution < 1.29 is 28.3 Å². The predicted molar refractivity (Wildman–Crippen MR) is 114 cm³/mol. The molecule has 162 valence electrons. The zero-order valence-electron chi connectivity index (χ0n) is 18.1. The number of fused-ring (bicyclic) bond motifs is 3. The van der Waals surface area contributed by atoms with Crippen molar-refractivity contribution in [1.82, 2.24) is 0 Å². The van der Waals surface area contributed by atoms with Crippen LogP contribution < -0.4 is 10.2 Å². The van der Waals surface area contributed by atoms with Gasteiger partial charge in [0.1, 0.15) is 18.2 Å². The van der Waals surface area contributed by atoms with E-state index in [9.17, 15) is 14.3 Å². The second kappa shape index (κ2) is 6.81. The van der Waals surface area contributed by atoms with E-state index in [1.165, 1.54) is 6.07 Å². The third-order valence-electron chi connectivity index (χ3n) is 7.37. The van der Waals surface area contributed by atoms with Gasteiger partial charge in [0.25, 0.3) is 0 Å². The molecule has 1 saturated heterocycles. The molecular weight excluding hydrogens is 398 g/mol. The van der Waals surface area contributed by atoms with E-state index >= 15 is 0 Å². The van der Waals surface area contributed by atoms with Crippen LogP contribution in [-0.4, -0.2) is 29.4 Å². The first-order chi connectivity index (χ1) is 14.6. The second-order valence-corrected chi connectivity index (χ2v) is 9.85. The summed E-state index contributed by atoms with van der Waals surface area (Å²) in [4.78, 5) is 11.3. The summed E-state index contributed by atoms with van der Waals surface area (Å²) < 4.78 is 32.5. The molecule has 0 amide bonds. The number of aliphatic carboxylic acids is 1. The first-order valence-corrected chi connectivity index (χ1v) is 10.7. The topological polar surface area (TPSA) is 65.0 Å². The van der Waals surface area contributed by atoms with Crippen LogP contribution in [0.1, 0.15) is 50.3 Å². The Hall–Kier alpha value is -2.38. The third kappa shape index (κ3) is 3.35. The Labute approximate surface area is 181 Å². The molecule has 5 rings (SSSR count). The van der Waals surface area contributed by atoms with Crippen LogP contribution >= 0.6 is 0 Å². The lowest BCUT2D eigenvalue weighted by Crippen LogP contribution is -2.41. The van der Waals surface area contributed by atoms with E-state index in [4.69, 9.17) is 14.0 Å². The molecule has 1 aliphatic heterocycles. The standard InChI is InChI=1S/C24H26BFO5/c1-23(2)24(3,4)31-25(30-23)15-5-8-19(26)14(9-15)12-29-16-6-7-17-13(10-16)11-18-20(17)21(18)22(27)28/h5-10,18,20-21H,11-12H2,1-4H3,(H,27,28)/t18-,20+,21?/m1/s1. The van der Waals surface area contributed by atoms with Gasteiger partial charge in [-0.2, -0.15) is 0 Å². The zero-order chi connectivity index (χ0) is 22.1. The normalized spacial score (nSPS) is 27.0. The summed E-state index contributed by atoms with van der Waals surface area (Å²) in [7, 11) is -0.557. The van der Waals surface area contributed by atoms with Gasteiger partial charge >= 0.3 is 13.1 Å². The zero-order valence-corrected chi connectivity index (χ0v) is 18.1. The molecule has 31 heavy (non-hydrogen) atoms. The lowest BCUT2D eigenvalue weighted by Gasteiger charge is -2.32. The van der Waals surface area contributed by atoms with Crippen molar-refractivity contribution in [2.75, 3.05) is 0 Å². The van der Waals surface area contributed by atoms with Gasteiger partial charge in [0, 0.05) is 11.5 Å². The van der Waals surface area contributed by atoms with Crippen molar-refractivity contribution in [2.45, 2.75) is 57.8 Å². The van der Waals surface area contributed by atoms with Gasteiger partial charge in [-0.15, -0.1) is 0 Å². The largest absolute Gasteiger partial charge is 0.494 e. The Morgan fingerprint density at radius 2 is 1.87 bits per heavy atom. The second-order valence-electron chi connectivity index (χ2n) is 9.85. The van der Waals surface area contributed by atoms with Crippen molar-refractivity contribution in [2.24, 2.45) is 11.8 Å². The van der Waals surface area contributed by atoms with Crippen molar-refractivity contribution in [3.05, 3.63) is 58.9 Å². The molecule has 2 aromatic carbocycles. The predicted octanol–water partition coefficient (Wildman–Crippen LogP) is 3.67. The van der Waals surface area contributed by atoms with Crippen LogP contribution in [0.5, 0.6) is 5.75 Å². The van der Waals surface area contributed by atoms with E-state index in [0.29, 0.717) is 11.3 Å². The van der Waals surface area contributed by atoms with E-state index in [0.717, 1.165) is 23.0 Å². The van der Waals surface area contributed by atoms with Crippen LogP contribution in [0.15, 0.2) is 36.4 Å². The van der Waals surface area contributed by atoms with Gasteiger partial charge in [0.05, 0.1) is 17.1 Å². The van der Waals surface area contributed by atoms with Crippen molar-refractivity contribution >= 4 is 18.6 Å². The first kappa shape index (κ1) is 20.5. The summed E-state index contributed by atoms with van der Waals surface area (Å²) in [6.45, 7) is 8.02. The molecule has 7 heteroatoms. The van der Waals surface area contributed by atoms with Crippen LogP contribution in [0.4, 0.5) is 4.39 Å². The fourth-order valence-corrected chi connectivity index (χ4v) is 4.81. The highest BCUT2D eigenvalue weighted by atomic mass is 19.1. The highest BCUT2D eigenvalue weighted by Gasteiger charge is 2.59. The molecule has 0 radical (unpaired) electrons. The molecule has 2 fully saturated rings. The van der Waals surface area contributed by atoms with Crippen molar-refractivity contribution in [1.29, 1.82) is 0 Å². The van der Waals surface area contributed by atoms with E-state index in [-0.39, 0.29) is 30.2 Å². The lowest BCUT2D eigenvalue weighted by atomic mass is 9.78. The Morgan fingerprint density at radius 1 is 1.16 bits per heavy atom. The van der Waals surface area contributed by atoms with Crippen LogP contribution in [0.2, 0.25) is 0 Å². The maximum Gasteiger partial charge on any atom is 0.494 e. The Bertz CT molecular complexity index is 1050. The maximum absolute atomic E-state index is 14.4. The number of rotatable bonds is 5. The fraction of sp³-hybridized carbons (Fsp3) is 0.458. The first-order valence-electron chi connectivity index (χ1n) is 10.7. The molecule has 2 aliphatic carbocycles. The van der Waals surface area contributed by atoms with Crippen LogP contribution in [0.3, 0.4) is 0 Å². The number of carbonyl (C=O) groups is 1. The van der Waals surface area contributed by atoms with Gasteiger partial charge in [0.15, 0.2) is 0 Å². The average molecular weight is 424 g/mol. The summed E-state index contributed by atoms with van der Waals surface area (Å²) in [6, 6.07) is 10.6. The average Bonchev–Trinajstić information content (AvgIpc) is 3.21. The van der Waals surface area contributed by atoms with Gasteiger partial charge in [-0.3, -0.25) is 4.79 Å². The van der Waals surface area contributed by atoms with Crippen molar-refractivity contribution in [3.8, 4) is 5.75 Å². The minimum atomic E-state index is -0.710. The van der Waals surface area contributed by atoms with Crippen LogP contribution in [0, 0.1) is 17.7 Å². The third-order valence-corrected chi connectivity index (χ3v) is 7.37. The molecule has 0 bridgehead atoms. The summed E-state index contributed by atoms with van der Waals surface area (Å²) in [6.07, 6.45) is 0.764. The summed E-state index contributed by atoms with van der Waals surface area (Å²) in [5, 5.41) is 9.26. The molecule has 3 aliphatic rings. The number of carboxylic acid groups (broad SMARTS) is 1. The molecule has 3 atom stereocenters. The number of benzene rings is 2. The molecule has 1 unspecified atom stereocenters. The number of ether oxygens (including phenoxy) is 1. The molecule has 0 aromatic heterocycles. The maximum atomic E-state index is 14.4. The molecule has 2 aromatic rings. The quantitative estimate of drug-likeness (QED) is 0.743. The lowest BCUT2D eigenvalue weighted by molar-refractivity contribution is -0.139. The number of hydrogen-bond acceptors (Lipinski definition) is 4. The van der Waals surface area contributed by atoms with E-state index in [1.54, 1.807) is 12.1 Å². The smallest absolute Gasteiger partial charge is 0.489 e. The summed E-state index contributed by atoms with van der Waals surface area (Å²) in [5.41, 5.74) is 2.50. The Kier molecular flexibility index (Phi) is 4.51. The van der Waals surface area contributed by atoms with E-state index < -0.39 is 24.3 Å². The Balaban J connectivity index is 1.29. The van der Waals surface area contributed by atoms with Crippen LogP contribution in [-0.2, 0) is 27.1 Å². The van der Waals surface area contributed by atoms with Gasteiger partial charge in [-0.25, -0.2) is 4.39 Å². The van der Waals surface area contributed by atoms with Crippen molar-refractivity contribution in [3.63, 3.8) is 0 Å². The van der Waals surface area contributed by atoms with Gasteiger partial charge < -0.3 is 19.2 Å².